The monoisotopic (exact) mass is 1280 g/mol. The number of piperidine rings is 1. The number of phenols is 1. The normalized spacial score (nSPS) is 34.6. The zero-order valence-corrected chi connectivity index (χ0v) is 56.1. The molecule has 12 heteroatoms. The third kappa shape index (κ3) is 11.9. The molecule has 6 aliphatic heterocycles. The molecule has 1 spiro atoms. The predicted molar refractivity (Wildman–Crippen MR) is 370 cm³/mol. The van der Waals surface area contributed by atoms with Gasteiger partial charge in [0.1, 0.15) is 23.6 Å². The van der Waals surface area contributed by atoms with Crippen molar-refractivity contribution in [3.05, 3.63) is 165 Å². The Morgan fingerprint density at radius 1 is 0.747 bits per heavy atom. The second-order valence-electron chi connectivity index (χ2n) is 31.1. The van der Waals surface area contributed by atoms with Crippen LogP contribution in [0.1, 0.15) is 182 Å². The number of aromatic hydroxyl groups is 1. The van der Waals surface area contributed by atoms with E-state index in [1.165, 1.54) is 16.7 Å². The number of esters is 2. The fourth-order valence-electron chi connectivity index (χ4n) is 21.5. The highest BCUT2D eigenvalue weighted by atomic mass is 16.6. The van der Waals surface area contributed by atoms with Crippen LogP contribution in [0.3, 0.4) is 0 Å². The zero-order valence-electron chi connectivity index (χ0n) is 56.1. The third-order valence-corrected chi connectivity index (χ3v) is 26.2. The molecule has 2 saturated heterocycles. The maximum absolute atomic E-state index is 15.7. The van der Waals surface area contributed by atoms with E-state index in [2.05, 4.69) is 132 Å². The van der Waals surface area contributed by atoms with Crippen LogP contribution in [0.2, 0.25) is 0 Å². The molecule has 500 valence electrons. The lowest BCUT2D eigenvalue weighted by molar-refractivity contribution is -0.135. The summed E-state index contributed by atoms with van der Waals surface area (Å²) in [6.45, 7) is 4.74. The molecule has 0 amide bonds. The van der Waals surface area contributed by atoms with Gasteiger partial charge in [-0.3, -0.25) is 0 Å². The molecule has 4 aromatic rings. The molecule has 17 rings (SSSR count). The predicted octanol–water partition coefficient (Wildman–Crippen LogP) is 13.9. The highest BCUT2D eigenvalue weighted by Crippen LogP contribution is 2.73. The molecule has 14 unspecified atom stereocenters. The summed E-state index contributed by atoms with van der Waals surface area (Å²) in [5, 5.41) is 54.0. The number of ether oxygens (including phenoxy) is 2. The molecule has 13 aliphatic rings. The molecule has 4 aromatic carbocycles. The van der Waals surface area contributed by atoms with Crippen LogP contribution in [0.5, 0.6) is 5.75 Å². The van der Waals surface area contributed by atoms with Crippen LogP contribution in [-0.4, -0.2) is 77.6 Å². The van der Waals surface area contributed by atoms with Gasteiger partial charge >= 0.3 is 11.9 Å². The van der Waals surface area contributed by atoms with E-state index in [1.807, 2.05) is 18.2 Å². The number of nitrogens with one attached hydrogen (secondary N) is 4. The highest BCUT2D eigenvalue weighted by molar-refractivity contribution is 6.07. The Hall–Kier alpha value is -6.43. The van der Waals surface area contributed by atoms with Gasteiger partial charge in [-0.1, -0.05) is 136 Å². The Balaban J connectivity index is 0.913. The number of cyclic esters (lactones) is 1. The average Bonchev–Trinajstić information content (AvgIpc) is 1.59. The summed E-state index contributed by atoms with van der Waals surface area (Å²) >= 11 is 0. The topological polar surface area (TPSA) is 178 Å². The second kappa shape index (κ2) is 26.8. The van der Waals surface area contributed by atoms with Crippen molar-refractivity contribution in [2.75, 3.05) is 26.7 Å². The molecule has 0 radical (unpaired) electrons. The Morgan fingerprint density at radius 2 is 1.57 bits per heavy atom. The Kier molecular flexibility index (Phi) is 18.2. The van der Waals surface area contributed by atoms with Gasteiger partial charge < -0.3 is 50.9 Å². The smallest absolute Gasteiger partial charge is 0.340 e. The number of hydrogen-bond acceptors (Lipinski definition) is 12. The van der Waals surface area contributed by atoms with Gasteiger partial charge in [-0.25, -0.2) is 9.59 Å². The minimum Gasteiger partial charge on any atom is -0.508 e. The molecule has 14 bridgehead atoms. The van der Waals surface area contributed by atoms with Crippen LogP contribution in [0.4, 0.5) is 0 Å². The fraction of sp³-hybridized carbons (Fsp3) is 0.554. The number of fused-ring (bicyclic) bond motifs is 5. The van der Waals surface area contributed by atoms with Gasteiger partial charge in [0.25, 0.3) is 0 Å². The molecule has 14 atom stereocenters. The van der Waals surface area contributed by atoms with Crippen molar-refractivity contribution < 1.29 is 39.2 Å². The number of hydrogen-bond donors (Lipinski definition) is 7. The first-order valence-electron chi connectivity index (χ1n) is 37.0. The molecule has 95 heavy (non-hydrogen) atoms. The number of aliphatic hydroxyl groups is 2. The quantitative estimate of drug-likeness (QED) is 0.0455. The first-order chi connectivity index (χ1) is 46.3. The largest absolute Gasteiger partial charge is 0.508 e. The van der Waals surface area contributed by atoms with Crippen LogP contribution in [-0.2, 0) is 43.2 Å². The van der Waals surface area contributed by atoms with Crippen molar-refractivity contribution in [2.24, 2.45) is 70.0 Å². The van der Waals surface area contributed by atoms with Crippen LogP contribution >= 0.6 is 0 Å². The van der Waals surface area contributed by atoms with Gasteiger partial charge in [-0.2, -0.15) is 0 Å². The van der Waals surface area contributed by atoms with Crippen molar-refractivity contribution in [3.63, 3.8) is 0 Å². The fourth-order valence-corrected chi connectivity index (χ4v) is 21.5. The number of benzene rings is 4. The van der Waals surface area contributed by atoms with Crippen molar-refractivity contribution in [1.29, 1.82) is 0 Å². The highest BCUT2D eigenvalue weighted by Gasteiger charge is 2.69. The van der Waals surface area contributed by atoms with E-state index >= 15 is 9.59 Å². The molecule has 7 aliphatic carbocycles. The van der Waals surface area contributed by atoms with Gasteiger partial charge in [0.2, 0.25) is 0 Å². The number of β-amino-alcohol motifs (C(OH)–C–C–N with tert-alkyl or cyclic N) is 1. The van der Waals surface area contributed by atoms with Crippen molar-refractivity contribution >= 4 is 23.8 Å². The number of allylic oxidation sites excluding steroid dienone is 5. The van der Waals surface area contributed by atoms with Gasteiger partial charge in [-0.15, -0.1) is 0 Å². The molecule has 4 saturated carbocycles. The van der Waals surface area contributed by atoms with Crippen molar-refractivity contribution in [2.45, 2.75) is 191 Å². The Labute approximate surface area is 563 Å². The summed E-state index contributed by atoms with van der Waals surface area (Å²) in [5.74, 6) is 7.37. The van der Waals surface area contributed by atoms with E-state index in [0.717, 1.165) is 162 Å². The summed E-state index contributed by atoms with van der Waals surface area (Å²) in [5.41, 5.74) is 7.32. The maximum Gasteiger partial charge on any atom is 0.340 e. The molecule has 7 N–H and O–H groups in total. The first-order valence-corrected chi connectivity index (χ1v) is 37.0. The molecular formula is C83H100N4O8. The van der Waals surface area contributed by atoms with Crippen molar-refractivity contribution in [3.8, 4) is 28.7 Å². The summed E-state index contributed by atoms with van der Waals surface area (Å²) in [7, 11) is 2.06. The Bertz CT molecular complexity index is 3770. The van der Waals surface area contributed by atoms with Crippen molar-refractivity contribution in [1.82, 2.24) is 21.3 Å². The number of aldehydes is 1. The van der Waals surface area contributed by atoms with Gasteiger partial charge in [0.05, 0.1) is 34.3 Å². The SMILES string of the molecule is CCC(C=C1OC(=O)C2=C3c4cc(O)ccc4-c4cccc(c4)CNCCc4cccc(c4)C4NCC(O)(C5CCCCC5)C(CC=O)C#CC(C5(O)CCCCC5)CC5CC(C6CCNC(NC)C6)(CC=C6OC(=O)C7=C6CCC6C3CCC12C76)CC54)Cc1ccccc1. The summed E-state index contributed by atoms with van der Waals surface area (Å²) in [6.07, 6.45) is 25.4. The summed E-state index contributed by atoms with van der Waals surface area (Å²) < 4.78 is 13.7. The van der Waals surface area contributed by atoms with Crippen LogP contribution < -0.4 is 21.3 Å². The number of carbonyl (C=O) groups is 3. The zero-order chi connectivity index (χ0) is 65.1. The number of phenolic OH excluding ortho intramolecular Hbond substituents is 1. The van der Waals surface area contributed by atoms with E-state index in [1.54, 1.807) is 6.07 Å². The van der Waals surface area contributed by atoms with E-state index in [-0.39, 0.29) is 95.0 Å². The van der Waals surface area contributed by atoms with E-state index in [9.17, 15) is 20.1 Å². The van der Waals surface area contributed by atoms with E-state index in [0.29, 0.717) is 74.3 Å². The van der Waals surface area contributed by atoms with Gasteiger partial charge in [-0.05, 0) is 251 Å². The number of rotatable bonds is 10. The molecule has 0 aromatic heterocycles. The minimum atomic E-state index is -1.29. The lowest BCUT2D eigenvalue weighted by Crippen LogP contribution is -2.54. The van der Waals surface area contributed by atoms with Crippen LogP contribution in [0.25, 0.3) is 16.7 Å². The first kappa shape index (κ1) is 64.6. The molecule has 6 heterocycles. The molecular weight excluding hydrogens is 1180 g/mol. The van der Waals surface area contributed by atoms with E-state index in [4.69, 9.17) is 9.47 Å². The standard InChI is InChI=1S/C83H100N4O8/c1-3-52(41-53-15-7-4-8-16-53)44-71-82-37-29-65-66-27-28-67-70(94-78(90)74(67)75(66)82)30-36-80(61-32-39-86-72(46-61)84-2)48-58-45-62(81(92)34-11-6-12-35-81)24-23-60(33-40-88)83(93,59-21-9-5-10-22-59)51-87-77(69(58)49-80)57-20-13-17-54(42-57)31-38-85-50-55-18-14-19-56(43-55)64-26-25-63(89)47-68(64)73(65)76(82)79(91)95-71/h4,7-8,13-20,25-26,30,40,42-44,47,52,58-62,65-66,69,72,75,77,84-87,89,92-93H,3,5-6,9-12,21-22,27-29,31-39,41,45-46,48-51H2,1-2H3. The van der Waals surface area contributed by atoms with Crippen LogP contribution in [0.15, 0.2) is 137 Å². The van der Waals surface area contributed by atoms with Crippen LogP contribution in [0, 0.1) is 81.8 Å². The maximum atomic E-state index is 15.7. The molecule has 12 nitrogen and oxygen atoms in total. The lowest BCUT2D eigenvalue weighted by Gasteiger charge is -2.56. The third-order valence-electron chi connectivity index (χ3n) is 26.2. The Morgan fingerprint density at radius 3 is 2.39 bits per heavy atom. The second-order valence-corrected chi connectivity index (χ2v) is 31.1. The molecule has 6 fully saturated rings. The van der Waals surface area contributed by atoms with Gasteiger partial charge in [0.15, 0.2) is 0 Å². The lowest BCUT2D eigenvalue weighted by atomic mass is 9.44. The summed E-state index contributed by atoms with van der Waals surface area (Å²) in [4.78, 5) is 44.1. The summed E-state index contributed by atoms with van der Waals surface area (Å²) in [6, 6.07) is 33.9. The average molecular weight is 1280 g/mol. The minimum absolute atomic E-state index is 0.00922. The van der Waals surface area contributed by atoms with E-state index < -0.39 is 22.5 Å². The number of carbonyl (C=O) groups excluding carboxylic acids is 3. The van der Waals surface area contributed by atoms with Gasteiger partial charge in [0, 0.05) is 48.5 Å².